The third-order valence-corrected chi connectivity index (χ3v) is 1.37. The first-order valence-corrected chi connectivity index (χ1v) is 3.23. The maximum absolute atomic E-state index is 2.19. The van der Waals surface area contributed by atoms with Crippen LogP contribution in [0.5, 0.6) is 0 Å². The molecule has 0 saturated carbocycles. The molecule has 0 bridgehead atoms. The third-order valence-electron chi connectivity index (χ3n) is 1.37. The fourth-order valence-electron chi connectivity index (χ4n) is 1.20. The van der Waals surface area contributed by atoms with E-state index in [1.54, 1.807) is 0 Å². The summed E-state index contributed by atoms with van der Waals surface area (Å²) in [5.41, 5.74) is 4.06. The zero-order valence-electron chi connectivity index (χ0n) is 6.64. The molecule has 0 nitrogen and oxygen atoms in total. The normalized spacial score (nSPS) is 8.70. The second kappa shape index (κ2) is 3.62. The van der Waals surface area contributed by atoms with Crippen molar-refractivity contribution in [3.8, 4) is 0 Å². The maximum Gasteiger partial charge on any atom is -0.0398 e. The molecular formula is C9H13Cl. The molecule has 10 heavy (non-hydrogen) atoms. The lowest BCUT2D eigenvalue weighted by atomic mass is 10.1. The van der Waals surface area contributed by atoms with Crippen LogP contribution in [-0.4, -0.2) is 0 Å². The van der Waals surface area contributed by atoms with Crippen molar-refractivity contribution in [2.75, 3.05) is 0 Å². The van der Waals surface area contributed by atoms with Crippen molar-refractivity contribution in [1.82, 2.24) is 0 Å². The predicted octanol–water partition coefficient (Wildman–Crippen LogP) is 3.03. The van der Waals surface area contributed by atoms with Gasteiger partial charge in [-0.3, -0.25) is 0 Å². The molecule has 0 fully saturated rings. The van der Waals surface area contributed by atoms with Gasteiger partial charge in [-0.1, -0.05) is 34.9 Å². The van der Waals surface area contributed by atoms with Crippen LogP contribution >= 0.6 is 12.4 Å². The average molecular weight is 157 g/mol. The van der Waals surface area contributed by atoms with Crippen molar-refractivity contribution >= 4 is 12.4 Å². The van der Waals surface area contributed by atoms with Crippen LogP contribution in [0.1, 0.15) is 16.7 Å². The summed E-state index contributed by atoms with van der Waals surface area (Å²) in [6.07, 6.45) is 0. The molecule has 1 heteroatoms. The van der Waals surface area contributed by atoms with Crippen molar-refractivity contribution in [1.29, 1.82) is 0 Å². The monoisotopic (exact) mass is 156 g/mol. The third kappa shape index (κ3) is 2.40. The first-order valence-electron chi connectivity index (χ1n) is 3.23. The molecule has 0 radical (unpaired) electrons. The zero-order valence-corrected chi connectivity index (χ0v) is 7.46. The Morgan fingerprint density at radius 3 is 1.10 bits per heavy atom. The molecule has 0 aliphatic heterocycles. The minimum atomic E-state index is 0. The van der Waals surface area contributed by atoms with Gasteiger partial charge in [0.2, 0.25) is 0 Å². The number of hydrogen-bond donors (Lipinski definition) is 0. The van der Waals surface area contributed by atoms with Gasteiger partial charge in [-0.2, -0.15) is 0 Å². The average Bonchev–Trinajstić information content (AvgIpc) is 1.59. The maximum atomic E-state index is 2.19. The molecule has 0 aliphatic rings. The molecule has 0 saturated heterocycles. The van der Waals surface area contributed by atoms with Gasteiger partial charge < -0.3 is 0 Å². The van der Waals surface area contributed by atoms with E-state index in [1.165, 1.54) is 16.7 Å². The molecule has 1 aromatic carbocycles. The lowest BCUT2D eigenvalue weighted by Gasteiger charge is -1.96. The summed E-state index contributed by atoms with van der Waals surface area (Å²) in [7, 11) is 0. The topological polar surface area (TPSA) is 0 Å². The molecule has 1 aromatic rings. The highest BCUT2D eigenvalue weighted by atomic mass is 35.5. The zero-order chi connectivity index (χ0) is 6.85. The fourth-order valence-corrected chi connectivity index (χ4v) is 1.20. The fraction of sp³-hybridized carbons (Fsp3) is 0.333. The van der Waals surface area contributed by atoms with Crippen LogP contribution in [0.25, 0.3) is 0 Å². The summed E-state index contributed by atoms with van der Waals surface area (Å²) in [5, 5.41) is 0. The summed E-state index contributed by atoms with van der Waals surface area (Å²) in [6, 6.07) is 6.56. The first kappa shape index (κ1) is 9.51. The Labute approximate surface area is 68.7 Å². The van der Waals surface area contributed by atoms with Gasteiger partial charge in [-0.25, -0.2) is 0 Å². The Kier molecular flexibility index (Phi) is 3.45. The summed E-state index contributed by atoms with van der Waals surface area (Å²) in [6.45, 7) is 6.38. The van der Waals surface area contributed by atoms with Gasteiger partial charge in [-0.15, -0.1) is 12.4 Å². The SMILES string of the molecule is Cc1cc(C)cc(C)c1.Cl. The van der Waals surface area contributed by atoms with Crippen molar-refractivity contribution in [3.05, 3.63) is 34.9 Å². The molecule has 0 unspecified atom stereocenters. The Morgan fingerprint density at radius 1 is 0.700 bits per heavy atom. The van der Waals surface area contributed by atoms with Gasteiger partial charge in [0.05, 0.1) is 0 Å². The van der Waals surface area contributed by atoms with E-state index in [-0.39, 0.29) is 12.4 Å². The summed E-state index contributed by atoms with van der Waals surface area (Å²) in [4.78, 5) is 0. The van der Waals surface area contributed by atoms with E-state index in [2.05, 4.69) is 39.0 Å². The Hall–Kier alpha value is -0.490. The van der Waals surface area contributed by atoms with Gasteiger partial charge >= 0.3 is 0 Å². The highest BCUT2D eigenvalue weighted by Gasteiger charge is 1.87. The number of benzene rings is 1. The number of halogens is 1. The minimum Gasteiger partial charge on any atom is -0.147 e. The highest BCUT2D eigenvalue weighted by Crippen LogP contribution is 2.06. The van der Waals surface area contributed by atoms with Crippen LogP contribution in [0.15, 0.2) is 18.2 Å². The van der Waals surface area contributed by atoms with Crippen LogP contribution in [0.2, 0.25) is 0 Å². The minimum absolute atomic E-state index is 0. The quantitative estimate of drug-likeness (QED) is 0.542. The van der Waals surface area contributed by atoms with E-state index in [9.17, 15) is 0 Å². The second-order valence-electron chi connectivity index (χ2n) is 2.67. The van der Waals surface area contributed by atoms with Crippen molar-refractivity contribution in [2.24, 2.45) is 0 Å². The van der Waals surface area contributed by atoms with Gasteiger partial charge in [0, 0.05) is 0 Å². The van der Waals surface area contributed by atoms with E-state index in [1.807, 2.05) is 0 Å². The lowest BCUT2D eigenvalue weighted by Crippen LogP contribution is -1.78. The van der Waals surface area contributed by atoms with E-state index >= 15 is 0 Å². The second-order valence-corrected chi connectivity index (χ2v) is 2.67. The van der Waals surface area contributed by atoms with Crippen LogP contribution in [0.4, 0.5) is 0 Å². The van der Waals surface area contributed by atoms with Crippen LogP contribution in [0.3, 0.4) is 0 Å². The molecule has 56 valence electrons. The van der Waals surface area contributed by atoms with Crippen molar-refractivity contribution < 1.29 is 0 Å². The number of rotatable bonds is 0. The Balaban J connectivity index is 0.000000810. The molecular weight excluding hydrogens is 144 g/mol. The van der Waals surface area contributed by atoms with E-state index in [0.29, 0.717) is 0 Å². The molecule has 0 heterocycles. The van der Waals surface area contributed by atoms with E-state index in [4.69, 9.17) is 0 Å². The highest BCUT2D eigenvalue weighted by molar-refractivity contribution is 5.85. The van der Waals surface area contributed by atoms with Crippen LogP contribution in [-0.2, 0) is 0 Å². The summed E-state index contributed by atoms with van der Waals surface area (Å²) in [5.74, 6) is 0. The predicted molar refractivity (Wildman–Crippen MR) is 47.9 cm³/mol. The van der Waals surface area contributed by atoms with Gasteiger partial charge in [0.15, 0.2) is 0 Å². The molecule has 1 rings (SSSR count). The largest absolute Gasteiger partial charge is 0.147 e. The van der Waals surface area contributed by atoms with Gasteiger partial charge in [0.25, 0.3) is 0 Å². The first-order chi connectivity index (χ1) is 4.18. The van der Waals surface area contributed by atoms with Crippen LogP contribution in [0, 0.1) is 20.8 Å². The number of aryl methyl sites for hydroxylation is 3. The molecule has 0 spiro atoms. The van der Waals surface area contributed by atoms with Crippen molar-refractivity contribution in [2.45, 2.75) is 20.8 Å². The van der Waals surface area contributed by atoms with Gasteiger partial charge in [-0.05, 0) is 20.8 Å². The van der Waals surface area contributed by atoms with Crippen LogP contribution < -0.4 is 0 Å². The Morgan fingerprint density at radius 2 is 0.900 bits per heavy atom. The molecule has 0 N–H and O–H groups in total. The van der Waals surface area contributed by atoms with Crippen molar-refractivity contribution in [3.63, 3.8) is 0 Å². The number of hydrogen-bond acceptors (Lipinski definition) is 0. The smallest absolute Gasteiger partial charge is 0.0398 e. The Bertz CT molecular complexity index is 165. The summed E-state index contributed by atoms with van der Waals surface area (Å²) < 4.78 is 0. The van der Waals surface area contributed by atoms with E-state index in [0.717, 1.165) is 0 Å². The van der Waals surface area contributed by atoms with Gasteiger partial charge in [0.1, 0.15) is 0 Å². The standard InChI is InChI=1S/C9H12.ClH/c1-7-4-8(2)6-9(3)5-7;/h4-6H,1-3H3;1H. The molecule has 0 amide bonds. The molecule has 0 aliphatic carbocycles. The summed E-state index contributed by atoms with van der Waals surface area (Å²) >= 11 is 0. The lowest BCUT2D eigenvalue weighted by molar-refractivity contribution is 1.32. The molecule has 0 aromatic heterocycles. The van der Waals surface area contributed by atoms with E-state index < -0.39 is 0 Å². The molecule has 0 atom stereocenters.